The lowest BCUT2D eigenvalue weighted by Gasteiger charge is -2.09. The molecule has 0 spiro atoms. The van der Waals surface area contributed by atoms with Crippen molar-refractivity contribution in [3.8, 4) is 0 Å². The smallest absolute Gasteiger partial charge is 0.100 e. The van der Waals surface area contributed by atoms with Gasteiger partial charge in [-0.05, 0) is 6.42 Å². The average molecular weight is 675 g/mol. The third-order valence-electron chi connectivity index (χ3n) is 6.28. The van der Waals surface area contributed by atoms with E-state index in [0.29, 0.717) is 112 Å². The fourth-order valence-electron chi connectivity index (χ4n) is 3.68. The van der Waals surface area contributed by atoms with Crippen molar-refractivity contribution in [2.45, 2.75) is 77.2 Å². The van der Waals surface area contributed by atoms with E-state index in [0.717, 1.165) is 13.0 Å². The van der Waals surface area contributed by atoms with Crippen LogP contribution < -0.4 is 0 Å². The van der Waals surface area contributed by atoms with Crippen molar-refractivity contribution in [1.82, 2.24) is 0 Å². The Bertz CT molecular complexity index is 464. The fraction of sp³-hybridized carbons (Fsp3) is 1.00. The second-order valence-corrected chi connectivity index (χ2v) is 10.4. The normalized spacial score (nSPS) is 11.3. The Balaban J connectivity index is 0. The van der Waals surface area contributed by atoms with E-state index in [4.69, 9.17) is 63.1 Å². The van der Waals surface area contributed by atoms with Crippen molar-refractivity contribution < 1.29 is 63.1 Å². The van der Waals surface area contributed by atoms with Crippen molar-refractivity contribution in [3.05, 3.63) is 0 Å². The number of hydrogen-bond acceptors (Lipinski definition) is 13. The maximum atomic E-state index is 8.57. The Hall–Kier alpha value is -0.520. The van der Waals surface area contributed by atoms with Gasteiger partial charge in [0, 0.05) is 6.61 Å². The zero-order chi connectivity index (χ0) is 33.9. The summed E-state index contributed by atoms with van der Waals surface area (Å²) in [6.07, 6.45) is 12.5. The van der Waals surface area contributed by atoms with E-state index in [1.807, 2.05) is 0 Å². The van der Waals surface area contributed by atoms with Crippen molar-refractivity contribution >= 4 is 0 Å². The minimum Gasteiger partial charge on any atom is -0.394 e. The summed E-state index contributed by atoms with van der Waals surface area (Å²) in [5, 5.41) is 32.6. The summed E-state index contributed by atoms with van der Waals surface area (Å²) in [5.41, 5.74) is 0. The van der Waals surface area contributed by atoms with Gasteiger partial charge in [0.1, 0.15) is 6.10 Å². The standard InChI is InChI=1S/C30H62O10.C3H8O3/c1-2-3-4-5-6-7-8-9-10-11-13-32-15-17-34-19-21-36-23-25-38-27-29-40-30-28-39-26-24-37-22-20-35-18-16-33-14-12-31;4-1-3(6)2-5/h31H,2-30H2,1H3;3-6H,1-2H2. The predicted octanol–water partition coefficient (Wildman–Crippen LogP) is 2.38. The molecule has 0 aliphatic heterocycles. The molecule has 0 unspecified atom stereocenters. The van der Waals surface area contributed by atoms with Gasteiger partial charge in [0.05, 0.1) is 132 Å². The predicted molar refractivity (Wildman–Crippen MR) is 176 cm³/mol. The quantitative estimate of drug-likeness (QED) is 0.0704. The van der Waals surface area contributed by atoms with Crippen molar-refractivity contribution in [2.24, 2.45) is 0 Å². The molecule has 4 N–H and O–H groups in total. The molecular weight excluding hydrogens is 604 g/mol. The molecule has 0 radical (unpaired) electrons. The van der Waals surface area contributed by atoms with E-state index in [-0.39, 0.29) is 19.8 Å². The molecule has 0 atom stereocenters. The van der Waals surface area contributed by atoms with Crippen molar-refractivity contribution in [2.75, 3.05) is 139 Å². The summed E-state index contributed by atoms with van der Waals surface area (Å²) in [4.78, 5) is 0. The molecular formula is C33H70O13. The van der Waals surface area contributed by atoms with Gasteiger partial charge in [0.2, 0.25) is 0 Å². The molecule has 280 valence electrons. The monoisotopic (exact) mass is 674 g/mol. The molecule has 0 aliphatic carbocycles. The van der Waals surface area contributed by atoms with Crippen LogP contribution in [0.3, 0.4) is 0 Å². The van der Waals surface area contributed by atoms with Gasteiger partial charge >= 0.3 is 0 Å². The Morgan fingerprint density at radius 1 is 0.326 bits per heavy atom. The highest BCUT2D eigenvalue weighted by atomic mass is 16.6. The zero-order valence-electron chi connectivity index (χ0n) is 29.0. The molecule has 0 aromatic carbocycles. The summed E-state index contributed by atoms with van der Waals surface area (Å²) < 4.78 is 48.9. The first-order valence-electron chi connectivity index (χ1n) is 17.4. The summed E-state index contributed by atoms with van der Waals surface area (Å²) in [7, 11) is 0. The van der Waals surface area contributed by atoms with Crippen LogP contribution >= 0.6 is 0 Å². The highest BCUT2D eigenvalue weighted by Crippen LogP contribution is 2.10. The summed E-state index contributed by atoms with van der Waals surface area (Å²) in [5.74, 6) is 0. The van der Waals surface area contributed by atoms with Crippen LogP contribution in [0.5, 0.6) is 0 Å². The Labute approximate surface area is 279 Å². The molecule has 0 aliphatic rings. The van der Waals surface area contributed by atoms with Crippen LogP contribution in [0, 0.1) is 0 Å². The highest BCUT2D eigenvalue weighted by molar-refractivity contribution is 4.48. The minimum absolute atomic E-state index is 0.0325. The molecule has 0 bridgehead atoms. The molecule has 0 aromatic rings. The third-order valence-corrected chi connectivity index (χ3v) is 6.28. The van der Waals surface area contributed by atoms with E-state index in [1.54, 1.807) is 0 Å². The van der Waals surface area contributed by atoms with Gasteiger partial charge in [0.15, 0.2) is 0 Å². The van der Waals surface area contributed by atoms with Gasteiger partial charge in [0.25, 0.3) is 0 Å². The number of unbranched alkanes of at least 4 members (excludes halogenated alkanes) is 9. The lowest BCUT2D eigenvalue weighted by atomic mass is 10.1. The van der Waals surface area contributed by atoms with Gasteiger partial charge in [-0.1, -0.05) is 64.7 Å². The van der Waals surface area contributed by atoms with Crippen LogP contribution in [0.2, 0.25) is 0 Å². The molecule has 0 amide bonds. The van der Waals surface area contributed by atoms with Crippen LogP contribution in [0.25, 0.3) is 0 Å². The Morgan fingerprint density at radius 2 is 0.565 bits per heavy atom. The van der Waals surface area contributed by atoms with E-state index >= 15 is 0 Å². The maximum absolute atomic E-state index is 8.57. The van der Waals surface area contributed by atoms with Crippen LogP contribution in [0.1, 0.15) is 71.1 Å². The molecule has 0 heterocycles. The first-order valence-corrected chi connectivity index (χ1v) is 17.4. The summed E-state index contributed by atoms with van der Waals surface area (Å²) >= 11 is 0. The summed E-state index contributed by atoms with van der Waals surface area (Å²) in [6, 6.07) is 0. The second-order valence-electron chi connectivity index (χ2n) is 10.4. The largest absolute Gasteiger partial charge is 0.394 e. The molecule has 13 heteroatoms. The van der Waals surface area contributed by atoms with Crippen molar-refractivity contribution in [3.63, 3.8) is 0 Å². The van der Waals surface area contributed by atoms with E-state index in [2.05, 4.69) is 6.92 Å². The molecule has 0 aromatic heterocycles. The van der Waals surface area contributed by atoms with Crippen LogP contribution in [-0.4, -0.2) is 165 Å². The number of hydrogen-bond donors (Lipinski definition) is 4. The lowest BCUT2D eigenvalue weighted by molar-refractivity contribution is -0.0255. The highest BCUT2D eigenvalue weighted by Gasteiger charge is 1.97. The molecule has 46 heavy (non-hydrogen) atoms. The Morgan fingerprint density at radius 3 is 0.804 bits per heavy atom. The van der Waals surface area contributed by atoms with E-state index in [9.17, 15) is 0 Å². The molecule has 0 saturated carbocycles. The van der Waals surface area contributed by atoms with Gasteiger partial charge in [-0.15, -0.1) is 0 Å². The average Bonchev–Trinajstić information content (AvgIpc) is 3.08. The topological polar surface area (TPSA) is 164 Å². The van der Waals surface area contributed by atoms with Crippen LogP contribution in [0.15, 0.2) is 0 Å². The summed E-state index contributed by atoms with van der Waals surface area (Å²) in [6.45, 7) is 11.4. The van der Waals surface area contributed by atoms with Gasteiger partial charge in [-0.25, -0.2) is 0 Å². The second kappa shape index (κ2) is 46.6. The van der Waals surface area contributed by atoms with Gasteiger partial charge in [-0.2, -0.15) is 0 Å². The first kappa shape index (κ1) is 47.6. The SMILES string of the molecule is CCCCCCCCCCCCOCCOCCOCCOCCOCCOCCOCCOCCOCCO.OCC(O)CO. The Kier molecular flexibility index (Phi) is 48.2. The third kappa shape index (κ3) is 47.9. The fourth-order valence-corrected chi connectivity index (χ4v) is 3.68. The van der Waals surface area contributed by atoms with E-state index < -0.39 is 6.10 Å². The first-order chi connectivity index (χ1) is 22.7. The zero-order valence-corrected chi connectivity index (χ0v) is 29.0. The number of aliphatic hydroxyl groups excluding tert-OH is 4. The maximum Gasteiger partial charge on any atom is 0.100 e. The van der Waals surface area contributed by atoms with Crippen molar-refractivity contribution in [1.29, 1.82) is 0 Å². The van der Waals surface area contributed by atoms with E-state index in [1.165, 1.54) is 57.8 Å². The number of ether oxygens (including phenoxy) is 9. The van der Waals surface area contributed by atoms with Crippen LogP contribution in [-0.2, 0) is 42.6 Å². The number of rotatable bonds is 39. The lowest BCUT2D eigenvalue weighted by Crippen LogP contribution is -2.15. The van der Waals surface area contributed by atoms with Gasteiger partial charge in [-0.3, -0.25) is 0 Å². The van der Waals surface area contributed by atoms with Gasteiger partial charge < -0.3 is 63.1 Å². The minimum atomic E-state index is -0.954. The molecule has 0 fully saturated rings. The number of aliphatic hydroxyl groups is 4. The van der Waals surface area contributed by atoms with Crippen LogP contribution in [0.4, 0.5) is 0 Å². The molecule has 0 rings (SSSR count). The molecule has 13 nitrogen and oxygen atoms in total. The molecule has 0 saturated heterocycles.